The molecule has 2 aromatic rings. The minimum absolute atomic E-state index is 0.0974. The van der Waals surface area contributed by atoms with Gasteiger partial charge in [-0.2, -0.15) is 0 Å². The van der Waals surface area contributed by atoms with Crippen molar-refractivity contribution in [2.75, 3.05) is 24.4 Å². The van der Waals surface area contributed by atoms with Gasteiger partial charge in [-0.3, -0.25) is 19.0 Å². The number of piperazine rings is 1. The quantitative estimate of drug-likeness (QED) is 0.513. The van der Waals surface area contributed by atoms with Crippen LogP contribution in [0.2, 0.25) is 0 Å². The van der Waals surface area contributed by atoms with Gasteiger partial charge in [0, 0.05) is 48.5 Å². The minimum Gasteiger partial charge on any atom is -0.333 e. The highest BCUT2D eigenvalue weighted by molar-refractivity contribution is 7.80. The van der Waals surface area contributed by atoms with Gasteiger partial charge in [0.2, 0.25) is 0 Å². The van der Waals surface area contributed by atoms with Gasteiger partial charge in [0.15, 0.2) is 11.6 Å². The fourth-order valence-corrected chi connectivity index (χ4v) is 4.98. The molecule has 6 nitrogen and oxygen atoms in total. The van der Waals surface area contributed by atoms with Gasteiger partial charge >= 0.3 is 0 Å². The van der Waals surface area contributed by atoms with E-state index in [1.165, 1.54) is 6.07 Å². The van der Waals surface area contributed by atoms with Gasteiger partial charge in [-0.05, 0) is 67.8 Å². The van der Waals surface area contributed by atoms with Gasteiger partial charge in [0.1, 0.15) is 0 Å². The lowest BCUT2D eigenvalue weighted by Crippen LogP contribution is -2.54. The smallest absolute Gasteiger partial charge is 0.259 e. The van der Waals surface area contributed by atoms with Crippen molar-refractivity contribution in [3.63, 3.8) is 0 Å². The predicted octanol–water partition coefficient (Wildman–Crippen LogP) is 5.32. The molecule has 1 aliphatic carbocycles. The van der Waals surface area contributed by atoms with Crippen LogP contribution < -0.4 is 4.72 Å². The first-order valence-electron chi connectivity index (χ1n) is 11.8. The van der Waals surface area contributed by atoms with E-state index < -0.39 is 22.9 Å². The molecule has 0 saturated carbocycles. The highest BCUT2D eigenvalue weighted by Gasteiger charge is 2.31. The van der Waals surface area contributed by atoms with E-state index in [-0.39, 0.29) is 23.6 Å². The second kappa shape index (κ2) is 11.3. The summed E-state index contributed by atoms with van der Waals surface area (Å²) in [7, 11) is 0. The summed E-state index contributed by atoms with van der Waals surface area (Å²) in [6.07, 6.45) is 9.97. The predicted molar refractivity (Wildman–Crippen MR) is 139 cm³/mol. The molecule has 1 aliphatic heterocycles. The van der Waals surface area contributed by atoms with E-state index in [0.29, 0.717) is 48.4 Å². The summed E-state index contributed by atoms with van der Waals surface area (Å²) in [5.41, 5.74) is 2.52. The van der Waals surface area contributed by atoms with Crippen molar-refractivity contribution < 1.29 is 22.3 Å². The SMILES string of the molecule is CC(c1cc(F)c(F)c(C2=CCC=CC=C2)c1)N1CCN(C(=O)c2ccc(NS(=O)O)cc2)C(C)C1. The van der Waals surface area contributed by atoms with E-state index in [4.69, 9.17) is 4.55 Å². The summed E-state index contributed by atoms with van der Waals surface area (Å²) in [6, 6.07) is 9.13. The molecule has 3 atom stereocenters. The zero-order valence-electron chi connectivity index (χ0n) is 20.2. The number of halogens is 2. The summed E-state index contributed by atoms with van der Waals surface area (Å²) < 4.78 is 51.5. The van der Waals surface area contributed by atoms with Gasteiger partial charge in [-0.15, -0.1) is 0 Å². The van der Waals surface area contributed by atoms with Gasteiger partial charge in [0.25, 0.3) is 17.2 Å². The summed E-state index contributed by atoms with van der Waals surface area (Å²) in [4.78, 5) is 17.1. The largest absolute Gasteiger partial charge is 0.333 e. The van der Waals surface area contributed by atoms with Crippen LogP contribution in [0.5, 0.6) is 0 Å². The summed E-state index contributed by atoms with van der Waals surface area (Å²) in [5.74, 6) is -1.84. The molecule has 2 aromatic carbocycles. The third-order valence-corrected chi connectivity index (χ3v) is 7.06. The van der Waals surface area contributed by atoms with Crippen LogP contribution in [0.4, 0.5) is 14.5 Å². The lowest BCUT2D eigenvalue weighted by atomic mass is 9.96. The van der Waals surface area contributed by atoms with Crippen LogP contribution in [0.15, 0.2) is 66.8 Å². The van der Waals surface area contributed by atoms with Crippen LogP contribution in [0.1, 0.15) is 47.8 Å². The van der Waals surface area contributed by atoms with E-state index in [2.05, 4.69) is 9.62 Å². The van der Waals surface area contributed by atoms with E-state index >= 15 is 0 Å². The Hall–Kier alpha value is -3.14. The molecule has 0 spiro atoms. The maximum absolute atomic E-state index is 14.7. The van der Waals surface area contributed by atoms with Gasteiger partial charge in [-0.1, -0.05) is 30.4 Å². The Labute approximate surface area is 212 Å². The summed E-state index contributed by atoms with van der Waals surface area (Å²) in [5, 5.41) is 0. The number of benzene rings is 2. The fraction of sp³-hybridized carbons (Fsp3) is 0.296. The van der Waals surface area contributed by atoms with E-state index in [1.54, 1.807) is 41.3 Å². The molecule has 9 heteroatoms. The normalized spacial score (nSPS) is 20.0. The Morgan fingerprint density at radius 3 is 2.61 bits per heavy atom. The number of hydrogen-bond acceptors (Lipinski definition) is 3. The fourth-order valence-electron chi connectivity index (χ4n) is 4.64. The number of nitrogens with one attached hydrogen (secondary N) is 1. The van der Waals surface area contributed by atoms with Crippen LogP contribution in [-0.4, -0.2) is 50.1 Å². The highest BCUT2D eigenvalue weighted by atomic mass is 32.2. The van der Waals surface area contributed by atoms with Crippen molar-refractivity contribution in [1.29, 1.82) is 0 Å². The molecule has 0 aromatic heterocycles. The van der Waals surface area contributed by atoms with E-state index in [0.717, 1.165) is 0 Å². The highest BCUT2D eigenvalue weighted by Crippen LogP contribution is 2.31. The average molecular weight is 514 g/mol. The maximum atomic E-state index is 14.7. The number of carbonyl (C=O) groups excluding carboxylic acids is 1. The number of anilines is 1. The van der Waals surface area contributed by atoms with Crippen molar-refractivity contribution in [2.24, 2.45) is 0 Å². The molecule has 1 heterocycles. The molecule has 1 fully saturated rings. The number of hydrogen-bond donors (Lipinski definition) is 2. The molecule has 3 unspecified atom stereocenters. The minimum atomic E-state index is -2.18. The standard InChI is InChI=1S/C27H29F2N3O3S/c1-18-17-31(13-14-32(18)27(33)21-9-11-23(12-10-21)30-36(34)35)19(2)22-15-24(26(29)25(28)16-22)20-7-5-3-4-6-8-20/h3-5,7-12,15-16,18-19,30H,6,13-14,17H2,1-2H3,(H,34,35). The second-order valence-corrected chi connectivity index (χ2v) is 9.70. The number of nitrogens with zero attached hydrogens (tertiary/aromatic N) is 2. The lowest BCUT2D eigenvalue weighted by molar-refractivity contribution is 0.0405. The molecule has 2 N–H and O–H groups in total. The summed E-state index contributed by atoms with van der Waals surface area (Å²) >= 11 is -2.18. The zero-order valence-corrected chi connectivity index (χ0v) is 21.0. The van der Waals surface area contributed by atoms with Crippen molar-refractivity contribution in [1.82, 2.24) is 9.80 Å². The zero-order chi connectivity index (χ0) is 25.8. The molecule has 0 bridgehead atoms. The molecular formula is C27H29F2N3O3S. The van der Waals surface area contributed by atoms with Crippen LogP contribution >= 0.6 is 0 Å². The molecule has 1 saturated heterocycles. The first kappa shape index (κ1) is 25.9. The first-order valence-corrected chi connectivity index (χ1v) is 12.9. The van der Waals surface area contributed by atoms with Crippen molar-refractivity contribution >= 4 is 28.4 Å². The lowest BCUT2D eigenvalue weighted by Gasteiger charge is -2.42. The third-order valence-electron chi connectivity index (χ3n) is 6.65. The van der Waals surface area contributed by atoms with Crippen molar-refractivity contribution in [3.05, 3.63) is 95.1 Å². The number of allylic oxidation sites excluding steroid dienone is 6. The molecular weight excluding hydrogens is 484 g/mol. The number of amides is 1. The van der Waals surface area contributed by atoms with E-state index in [1.807, 2.05) is 38.2 Å². The van der Waals surface area contributed by atoms with Crippen molar-refractivity contribution in [3.8, 4) is 0 Å². The number of rotatable bonds is 6. The van der Waals surface area contributed by atoms with Crippen LogP contribution in [0.25, 0.3) is 5.57 Å². The maximum Gasteiger partial charge on any atom is 0.259 e. The molecule has 4 rings (SSSR count). The van der Waals surface area contributed by atoms with Gasteiger partial charge in [-0.25, -0.2) is 13.0 Å². The second-order valence-electron chi connectivity index (χ2n) is 8.99. The van der Waals surface area contributed by atoms with Gasteiger partial charge in [0.05, 0.1) is 0 Å². The molecule has 0 radical (unpaired) electrons. The Balaban J connectivity index is 1.47. The average Bonchev–Trinajstić information content (AvgIpc) is 3.14. The molecule has 2 aliphatic rings. The first-order chi connectivity index (χ1) is 17.2. The van der Waals surface area contributed by atoms with E-state index in [9.17, 15) is 17.8 Å². The van der Waals surface area contributed by atoms with Crippen LogP contribution in [-0.2, 0) is 11.3 Å². The monoisotopic (exact) mass is 513 g/mol. The third kappa shape index (κ3) is 5.80. The van der Waals surface area contributed by atoms with Crippen LogP contribution in [0, 0.1) is 11.6 Å². The Kier molecular flexibility index (Phi) is 8.13. The summed E-state index contributed by atoms with van der Waals surface area (Å²) in [6.45, 7) is 5.59. The molecule has 190 valence electrons. The topological polar surface area (TPSA) is 72.9 Å². The molecule has 36 heavy (non-hydrogen) atoms. The van der Waals surface area contributed by atoms with Crippen molar-refractivity contribution in [2.45, 2.75) is 32.4 Å². The van der Waals surface area contributed by atoms with Crippen LogP contribution in [0.3, 0.4) is 0 Å². The van der Waals surface area contributed by atoms with Gasteiger partial charge < -0.3 is 4.90 Å². The Morgan fingerprint density at radius 2 is 1.92 bits per heavy atom. The number of carbonyl (C=O) groups is 1. The Bertz CT molecular complexity index is 1240. The Morgan fingerprint density at radius 1 is 1.17 bits per heavy atom. The molecule has 1 amide bonds.